The lowest BCUT2D eigenvalue weighted by atomic mass is 10.1. The van der Waals surface area contributed by atoms with Crippen LogP contribution in [0.15, 0.2) is 12.4 Å². The number of likely N-dealkylation sites (N-methyl/N-ethyl adjacent to an activating group) is 1. The van der Waals surface area contributed by atoms with Gasteiger partial charge in [-0.05, 0) is 13.5 Å². The molecule has 1 aromatic heterocycles. The summed E-state index contributed by atoms with van der Waals surface area (Å²) in [6.45, 7) is 8.22. The van der Waals surface area contributed by atoms with Gasteiger partial charge in [0.15, 0.2) is 0 Å². The largest absolute Gasteiger partial charge is 0.347 e. The average molecular weight is 293 g/mol. The monoisotopic (exact) mass is 293 g/mol. The van der Waals surface area contributed by atoms with Crippen molar-refractivity contribution in [3.8, 4) is 0 Å². The Labute approximate surface area is 124 Å². The minimum Gasteiger partial charge on any atom is -0.347 e. The van der Waals surface area contributed by atoms with Gasteiger partial charge in [-0.25, -0.2) is 4.98 Å². The van der Waals surface area contributed by atoms with E-state index in [0.717, 1.165) is 18.9 Å². The Hall–Kier alpha value is -1.89. The molecule has 2 atom stereocenters. The van der Waals surface area contributed by atoms with Crippen LogP contribution in [-0.2, 0) is 9.59 Å². The van der Waals surface area contributed by atoms with E-state index in [1.807, 2.05) is 0 Å². The molecule has 2 amide bonds. The van der Waals surface area contributed by atoms with Crippen molar-refractivity contribution in [3.63, 3.8) is 0 Å². The van der Waals surface area contributed by atoms with Crippen molar-refractivity contribution in [2.24, 2.45) is 0 Å². The minimum atomic E-state index is -0.493. The number of amides is 2. The van der Waals surface area contributed by atoms with Crippen molar-refractivity contribution in [3.05, 3.63) is 18.2 Å². The second-order valence-corrected chi connectivity index (χ2v) is 5.33. The van der Waals surface area contributed by atoms with Crippen LogP contribution in [0.2, 0.25) is 0 Å². The zero-order chi connectivity index (χ0) is 15.4. The van der Waals surface area contributed by atoms with E-state index in [-0.39, 0.29) is 17.9 Å². The normalized spacial score (nSPS) is 21.1. The van der Waals surface area contributed by atoms with Crippen LogP contribution in [0.1, 0.15) is 32.6 Å². The summed E-state index contributed by atoms with van der Waals surface area (Å²) in [5, 5.41) is 2.65. The third-order valence-electron chi connectivity index (χ3n) is 3.83. The van der Waals surface area contributed by atoms with Crippen molar-refractivity contribution in [1.82, 2.24) is 25.1 Å². The SMILES string of the molecule is CCN1CCN(C(=O)[C@H](C)NC(C)=O)C[C@H]1c1ncc[nH]1. The standard InChI is InChI=1S/C14H23N5O2/c1-4-18-7-8-19(14(21)10(2)17-11(3)20)9-12(18)13-15-5-6-16-13/h5-6,10,12H,4,7-9H2,1-3H3,(H,15,16)(H,17,20)/t10-,12-/m0/s1. The van der Waals surface area contributed by atoms with Crippen molar-refractivity contribution in [2.75, 3.05) is 26.2 Å². The lowest BCUT2D eigenvalue weighted by Gasteiger charge is -2.40. The number of nitrogens with one attached hydrogen (secondary N) is 2. The molecule has 1 aromatic rings. The summed E-state index contributed by atoms with van der Waals surface area (Å²) >= 11 is 0. The summed E-state index contributed by atoms with van der Waals surface area (Å²) in [7, 11) is 0. The van der Waals surface area contributed by atoms with Gasteiger partial charge in [0, 0.05) is 39.0 Å². The molecule has 1 saturated heterocycles. The molecular formula is C14H23N5O2. The Kier molecular flexibility index (Phi) is 4.95. The molecule has 0 aliphatic carbocycles. The van der Waals surface area contributed by atoms with Gasteiger partial charge in [0.2, 0.25) is 11.8 Å². The van der Waals surface area contributed by atoms with Crippen LogP contribution in [0, 0.1) is 0 Å². The van der Waals surface area contributed by atoms with Crippen LogP contribution in [0.4, 0.5) is 0 Å². The topological polar surface area (TPSA) is 81.3 Å². The third kappa shape index (κ3) is 3.60. The Morgan fingerprint density at radius 1 is 1.52 bits per heavy atom. The number of imidazole rings is 1. The molecule has 1 fully saturated rings. The molecule has 1 aliphatic rings. The summed E-state index contributed by atoms with van der Waals surface area (Å²) in [4.78, 5) is 35.0. The first-order chi connectivity index (χ1) is 10.0. The summed E-state index contributed by atoms with van der Waals surface area (Å²) < 4.78 is 0. The average Bonchev–Trinajstić information content (AvgIpc) is 2.99. The van der Waals surface area contributed by atoms with Crippen LogP contribution in [0.5, 0.6) is 0 Å². The predicted octanol–water partition coefficient (Wildman–Crippen LogP) is 0.140. The number of hydrogen-bond acceptors (Lipinski definition) is 4. The highest BCUT2D eigenvalue weighted by Gasteiger charge is 2.32. The summed E-state index contributed by atoms with van der Waals surface area (Å²) in [5.41, 5.74) is 0. The molecule has 2 heterocycles. The van der Waals surface area contributed by atoms with E-state index in [1.165, 1.54) is 6.92 Å². The molecule has 21 heavy (non-hydrogen) atoms. The van der Waals surface area contributed by atoms with Gasteiger partial charge in [0.05, 0.1) is 6.04 Å². The fourth-order valence-electron chi connectivity index (χ4n) is 2.76. The molecule has 1 aliphatic heterocycles. The first kappa shape index (κ1) is 15.5. The zero-order valence-corrected chi connectivity index (χ0v) is 12.8. The number of aromatic amines is 1. The fraction of sp³-hybridized carbons (Fsp3) is 0.643. The van der Waals surface area contributed by atoms with Gasteiger partial charge < -0.3 is 15.2 Å². The maximum atomic E-state index is 12.4. The highest BCUT2D eigenvalue weighted by molar-refractivity contribution is 5.86. The number of carbonyl (C=O) groups is 2. The molecule has 0 aromatic carbocycles. The maximum absolute atomic E-state index is 12.4. The quantitative estimate of drug-likeness (QED) is 0.827. The molecule has 2 rings (SSSR count). The third-order valence-corrected chi connectivity index (χ3v) is 3.83. The molecule has 7 heteroatoms. The van der Waals surface area contributed by atoms with Gasteiger partial charge in [0.25, 0.3) is 0 Å². The molecular weight excluding hydrogens is 270 g/mol. The minimum absolute atomic E-state index is 0.0440. The van der Waals surface area contributed by atoms with Crippen LogP contribution in [0.25, 0.3) is 0 Å². The zero-order valence-electron chi connectivity index (χ0n) is 12.8. The second-order valence-electron chi connectivity index (χ2n) is 5.33. The molecule has 0 unspecified atom stereocenters. The number of aromatic nitrogens is 2. The van der Waals surface area contributed by atoms with Gasteiger partial charge in [-0.2, -0.15) is 0 Å². The number of piperazine rings is 1. The highest BCUT2D eigenvalue weighted by Crippen LogP contribution is 2.22. The van der Waals surface area contributed by atoms with Crippen molar-refractivity contribution < 1.29 is 9.59 Å². The Morgan fingerprint density at radius 2 is 2.29 bits per heavy atom. The number of carbonyl (C=O) groups excluding carboxylic acids is 2. The number of rotatable bonds is 4. The Balaban J connectivity index is 2.06. The van der Waals surface area contributed by atoms with E-state index in [0.29, 0.717) is 13.1 Å². The van der Waals surface area contributed by atoms with E-state index < -0.39 is 6.04 Å². The maximum Gasteiger partial charge on any atom is 0.244 e. The van der Waals surface area contributed by atoms with Gasteiger partial charge in [-0.15, -0.1) is 0 Å². The van der Waals surface area contributed by atoms with Gasteiger partial charge >= 0.3 is 0 Å². The van der Waals surface area contributed by atoms with Crippen molar-refractivity contribution in [2.45, 2.75) is 32.9 Å². The molecule has 0 radical (unpaired) electrons. The van der Waals surface area contributed by atoms with E-state index in [9.17, 15) is 9.59 Å². The molecule has 116 valence electrons. The first-order valence-corrected chi connectivity index (χ1v) is 7.32. The lowest BCUT2D eigenvalue weighted by molar-refractivity contribution is -0.138. The first-order valence-electron chi connectivity index (χ1n) is 7.32. The van der Waals surface area contributed by atoms with E-state index in [2.05, 4.69) is 27.1 Å². The van der Waals surface area contributed by atoms with E-state index >= 15 is 0 Å². The Morgan fingerprint density at radius 3 is 2.86 bits per heavy atom. The van der Waals surface area contributed by atoms with Gasteiger partial charge in [0.1, 0.15) is 11.9 Å². The fourth-order valence-corrected chi connectivity index (χ4v) is 2.76. The van der Waals surface area contributed by atoms with Crippen LogP contribution >= 0.6 is 0 Å². The molecule has 0 bridgehead atoms. The summed E-state index contributed by atoms with van der Waals surface area (Å²) in [6.07, 6.45) is 3.52. The van der Waals surface area contributed by atoms with Crippen molar-refractivity contribution >= 4 is 11.8 Å². The number of hydrogen-bond donors (Lipinski definition) is 2. The predicted molar refractivity (Wildman–Crippen MR) is 78.4 cm³/mol. The van der Waals surface area contributed by atoms with Crippen molar-refractivity contribution in [1.29, 1.82) is 0 Å². The smallest absolute Gasteiger partial charge is 0.244 e. The Bertz CT molecular complexity index is 488. The van der Waals surface area contributed by atoms with E-state index in [4.69, 9.17) is 0 Å². The van der Waals surface area contributed by atoms with Crippen LogP contribution in [0.3, 0.4) is 0 Å². The van der Waals surface area contributed by atoms with E-state index in [1.54, 1.807) is 24.2 Å². The number of nitrogens with zero attached hydrogens (tertiary/aromatic N) is 3. The van der Waals surface area contributed by atoms with Gasteiger partial charge in [-0.3, -0.25) is 14.5 Å². The molecule has 7 nitrogen and oxygen atoms in total. The molecule has 0 spiro atoms. The van der Waals surface area contributed by atoms with Gasteiger partial charge in [-0.1, -0.05) is 6.92 Å². The number of H-pyrrole nitrogens is 1. The summed E-state index contributed by atoms with van der Waals surface area (Å²) in [6, 6.07) is -0.417. The molecule has 2 N–H and O–H groups in total. The second kappa shape index (κ2) is 6.71. The lowest BCUT2D eigenvalue weighted by Crippen LogP contribution is -2.55. The molecule has 0 saturated carbocycles. The van der Waals surface area contributed by atoms with Crippen LogP contribution in [-0.4, -0.2) is 63.8 Å². The highest BCUT2D eigenvalue weighted by atomic mass is 16.2. The van der Waals surface area contributed by atoms with Crippen LogP contribution < -0.4 is 5.32 Å². The summed E-state index contributed by atoms with van der Waals surface area (Å²) in [5.74, 6) is 0.643.